The second-order valence-electron chi connectivity index (χ2n) is 9.24. The van der Waals surface area contributed by atoms with E-state index in [0.717, 1.165) is 11.6 Å². The zero-order valence-electron chi connectivity index (χ0n) is 21.1. The van der Waals surface area contributed by atoms with Gasteiger partial charge in [-0.15, -0.1) is 0 Å². The summed E-state index contributed by atoms with van der Waals surface area (Å²) in [6, 6.07) is 10.6. The van der Waals surface area contributed by atoms with Gasteiger partial charge < -0.3 is 10.1 Å². The lowest BCUT2D eigenvalue weighted by atomic mass is 10.2. The number of aromatic nitrogens is 2. The molecular weight excluding hydrogens is 498 g/mol. The smallest absolute Gasteiger partial charge is 0.276 e. The number of ether oxygens (including phenoxy) is 1. The molecule has 0 saturated carbocycles. The van der Waals surface area contributed by atoms with E-state index < -0.39 is 20.9 Å². The number of carbonyl (C=O) groups is 1. The maximum Gasteiger partial charge on any atom is 0.276 e. The fourth-order valence-electron chi connectivity index (χ4n) is 4.17. The summed E-state index contributed by atoms with van der Waals surface area (Å²) in [5.74, 6) is -0.342. The number of hydrogen-bond acceptors (Lipinski definition) is 7. The Morgan fingerprint density at radius 3 is 2.46 bits per heavy atom. The molecule has 4 rings (SSSR count). The highest BCUT2D eigenvalue weighted by Gasteiger charge is 2.33. The van der Waals surface area contributed by atoms with Gasteiger partial charge in [0.1, 0.15) is 10.6 Å². The highest BCUT2D eigenvalue weighted by atomic mass is 32.2. The van der Waals surface area contributed by atoms with Crippen LogP contribution in [0.5, 0.6) is 11.6 Å². The van der Waals surface area contributed by atoms with E-state index in [-0.39, 0.29) is 33.9 Å². The van der Waals surface area contributed by atoms with Crippen LogP contribution in [0.3, 0.4) is 0 Å². The molecule has 3 aromatic rings. The van der Waals surface area contributed by atoms with E-state index in [0.29, 0.717) is 37.2 Å². The minimum absolute atomic E-state index is 0.0759. The average molecular weight is 528 g/mol. The van der Waals surface area contributed by atoms with Crippen molar-refractivity contribution in [3.8, 4) is 11.6 Å². The first-order valence-electron chi connectivity index (χ1n) is 11.9. The molecule has 1 saturated heterocycles. The molecule has 196 valence electrons. The third kappa shape index (κ3) is 5.35. The van der Waals surface area contributed by atoms with Crippen LogP contribution in [0.2, 0.25) is 0 Å². The van der Waals surface area contributed by atoms with Crippen molar-refractivity contribution in [1.82, 2.24) is 14.1 Å². The zero-order chi connectivity index (χ0) is 26.9. The van der Waals surface area contributed by atoms with Gasteiger partial charge in [-0.25, -0.2) is 13.1 Å². The predicted octanol–water partition coefficient (Wildman–Crippen LogP) is 4.82. The molecule has 0 bridgehead atoms. The van der Waals surface area contributed by atoms with Crippen molar-refractivity contribution in [1.29, 1.82) is 0 Å². The number of anilines is 1. The van der Waals surface area contributed by atoms with Gasteiger partial charge in [-0.05, 0) is 64.3 Å². The Labute approximate surface area is 215 Å². The summed E-state index contributed by atoms with van der Waals surface area (Å²) in [6.07, 6.45) is 1.42. The minimum atomic E-state index is -4.05. The number of sulfonamides is 1. The molecule has 0 spiro atoms. The second kappa shape index (κ2) is 10.3. The second-order valence-corrected chi connectivity index (χ2v) is 11.1. The normalized spacial score (nSPS) is 14.2. The van der Waals surface area contributed by atoms with Gasteiger partial charge in [0.15, 0.2) is 5.69 Å². The lowest BCUT2D eigenvalue weighted by Crippen LogP contribution is -2.28. The molecule has 11 nitrogen and oxygen atoms in total. The van der Waals surface area contributed by atoms with Crippen LogP contribution in [0.25, 0.3) is 0 Å². The Bertz CT molecular complexity index is 1460. The summed E-state index contributed by atoms with van der Waals surface area (Å²) >= 11 is 0. The van der Waals surface area contributed by atoms with Gasteiger partial charge in [-0.3, -0.25) is 14.9 Å². The Kier molecular flexibility index (Phi) is 7.32. The number of amides is 1. The van der Waals surface area contributed by atoms with Crippen molar-refractivity contribution < 1.29 is 22.9 Å². The molecule has 37 heavy (non-hydrogen) atoms. The van der Waals surface area contributed by atoms with Gasteiger partial charge in [0, 0.05) is 36.5 Å². The number of non-ortho nitro benzene ring substituents is 1. The summed E-state index contributed by atoms with van der Waals surface area (Å²) in [6.45, 7) is 7.93. The number of carbonyl (C=O) groups excluding carboxylic acids is 1. The molecule has 0 aliphatic carbocycles. The highest BCUT2D eigenvalue weighted by molar-refractivity contribution is 7.89. The maximum atomic E-state index is 13.4. The van der Waals surface area contributed by atoms with E-state index in [2.05, 4.69) is 10.4 Å². The van der Waals surface area contributed by atoms with Crippen molar-refractivity contribution in [3.05, 3.63) is 69.4 Å². The third-order valence-electron chi connectivity index (χ3n) is 6.10. The number of rotatable bonds is 8. The molecule has 2 heterocycles. The van der Waals surface area contributed by atoms with Gasteiger partial charge >= 0.3 is 0 Å². The van der Waals surface area contributed by atoms with Crippen molar-refractivity contribution in [2.75, 3.05) is 18.4 Å². The third-order valence-corrected chi connectivity index (χ3v) is 8.02. The summed E-state index contributed by atoms with van der Waals surface area (Å²) in [5.41, 5.74) is 1.76. The first-order chi connectivity index (χ1) is 17.5. The van der Waals surface area contributed by atoms with Crippen LogP contribution in [0, 0.1) is 24.0 Å². The van der Waals surface area contributed by atoms with Crippen LogP contribution < -0.4 is 10.1 Å². The largest absolute Gasteiger partial charge is 0.438 e. The molecule has 1 fully saturated rings. The monoisotopic (exact) mass is 527 g/mol. The average Bonchev–Trinajstić information content (AvgIpc) is 3.49. The highest BCUT2D eigenvalue weighted by Crippen LogP contribution is 2.37. The van der Waals surface area contributed by atoms with E-state index >= 15 is 0 Å². The molecule has 1 N–H and O–H groups in total. The Balaban J connectivity index is 1.76. The quantitative estimate of drug-likeness (QED) is 0.328. The summed E-state index contributed by atoms with van der Waals surface area (Å²) < 4.78 is 35.7. The molecule has 1 amide bonds. The fourth-order valence-corrected chi connectivity index (χ4v) is 5.82. The SMILES string of the molecule is Cc1cccc(NC(=O)c2nn(C(C)C)c(Oc3ccc([N+](=O)[O-])cc3S(=O)(=O)N3CCCC3)c2C)c1. The van der Waals surface area contributed by atoms with Crippen LogP contribution in [-0.2, 0) is 10.0 Å². The van der Waals surface area contributed by atoms with Crippen molar-refractivity contribution >= 4 is 27.3 Å². The Morgan fingerprint density at radius 2 is 1.84 bits per heavy atom. The molecule has 0 atom stereocenters. The van der Waals surface area contributed by atoms with Gasteiger partial charge in [0.05, 0.1) is 11.0 Å². The first kappa shape index (κ1) is 26.3. The fraction of sp³-hybridized carbons (Fsp3) is 0.360. The summed E-state index contributed by atoms with van der Waals surface area (Å²) in [4.78, 5) is 23.6. The van der Waals surface area contributed by atoms with E-state index in [1.807, 2.05) is 39.0 Å². The Hall–Kier alpha value is -3.77. The molecule has 0 radical (unpaired) electrons. The van der Waals surface area contributed by atoms with Crippen LogP contribution in [-0.4, -0.2) is 46.4 Å². The van der Waals surface area contributed by atoms with Crippen LogP contribution in [0.15, 0.2) is 47.4 Å². The summed E-state index contributed by atoms with van der Waals surface area (Å²) in [5, 5.41) is 18.7. The van der Waals surface area contributed by atoms with Crippen molar-refractivity contribution in [3.63, 3.8) is 0 Å². The molecule has 0 unspecified atom stereocenters. The number of nitrogens with zero attached hydrogens (tertiary/aromatic N) is 4. The standard InChI is InChI=1S/C25H29N5O6S/c1-16(2)29-25(18(4)23(27-29)24(31)26-19-9-7-8-17(3)14-19)36-21-11-10-20(30(32)33)15-22(21)37(34,35)28-12-5-6-13-28/h7-11,14-16H,5-6,12-13H2,1-4H3,(H,26,31). The van der Waals surface area contributed by atoms with Crippen LogP contribution >= 0.6 is 0 Å². The lowest BCUT2D eigenvalue weighted by molar-refractivity contribution is -0.385. The first-order valence-corrected chi connectivity index (χ1v) is 13.4. The number of nitrogens with one attached hydrogen (secondary N) is 1. The number of benzene rings is 2. The Morgan fingerprint density at radius 1 is 1.14 bits per heavy atom. The van der Waals surface area contributed by atoms with Gasteiger partial charge in [0.25, 0.3) is 11.6 Å². The van der Waals surface area contributed by atoms with Gasteiger partial charge in [-0.2, -0.15) is 9.40 Å². The van der Waals surface area contributed by atoms with Crippen molar-refractivity contribution in [2.45, 2.75) is 51.5 Å². The van der Waals surface area contributed by atoms with Crippen molar-refractivity contribution in [2.24, 2.45) is 0 Å². The topological polar surface area (TPSA) is 137 Å². The predicted molar refractivity (Wildman–Crippen MR) is 138 cm³/mol. The van der Waals surface area contributed by atoms with Gasteiger partial charge in [-0.1, -0.05) is 12.1 Å². The van der Waals surface area contributed by atoms with E-state index in [9.17, 15) is 23.3 Å². The molecular formula is C25H29N5O6S. The molecule has 12 heteroatoms. The molecule has 1 aliphatic heterocycles. The van der Waals surface area contributed by atoms with E-state index in [4.69, 9.17) is 4.74 Å². The number of nitro groups is 1. The van der Waals surface area contributed by atoms with Crippen LogP contribution in [0.4, 0.5) is 11.4 Å². The van der Waals surface area contributed by atoms with E-state index in [1.165, 1.54) is 21.1 Å². The van der Waals surface area contributed by atoms with Crippen LogP contribution in [0.1, 0.15) is 54.3 Å². The van der Waals surface area contributed by atoms with Gasteiger partial charge in [0.2, 0.25) is 15.9 Å². The van der Waals surface area contributed by atoms with E-state index in [1.54, 1.807) is 13.0 Å². The number of nitro benzene ring substituents is 1. The number of aryl methyl sites for hydroxylation is 1. The minimum Gasteiger partial charge on any atom is -0.438 e. The maximum absolute atomic E-state index is 13.4. The lowest BCUT2D eigenvalue weighted by Gasteiger charge is -2.19. The molecule has 2 aromatic carbocycles. The number of hydrogen-bond donors (Lipinski definition) is 1. The summed E-state index contributed by atoms with van der Waals surface area (Å²) in [7, 11) is -4.05. The molecule has 1 aromatic heterocycles. The zero-order valence-corrected chi connectivity index (χ0v) is 21.9. The molecule has 1 aliphatic rings.